The normalized spacial score (nSPS) is 22.0. The lowest BCUT2D eigenvalue weighted by atomic mass is 9.64. The molecule has 230 valence electrons. The lowest BCUT2D eigenvalue weighted by Crippen LogP contribution is -2.51. The van der Waals surface area contributed by atoms with Crippen LogP contribution in [-0.2, 0) is 19.7 Å². The Morgan fingerprint density at radius 1 is 0.766 bits per heavy atom. The highest BCUT2D eigenvalue weighted by atomic mass is 35.5. The predicted octanol–water partition coefficient (Wildman–Crippen LogP) is 7.65. The van der Waals surface area contributed by atoms with Gasteiger partial charge in [-0.25, -0.2) is 4.79 Å². The summed E-state index contributed by atoms with van der Waals surface area (Å²) in [5, 5.41) is 3.54. The van der Waals surface area contributed by atoms with E-state index >= 15 is 4.79 Å². The number of carbonyl (C=O) groups is 3. The van der Waals surface area contributed by atoms with E-state index in [1.165, 1.54) is 0 Å². The van der Waals surface area contributed by atoms with E-state index in [1.54, 1.807) is 24.3 Å². The fraction of sp³-hybridized carbons (Fsp3) is 0.125. The molecule has 1 spiro atoms. The van der Waals surface area contributed by atoms with Crippen molar-refractivity contribution in [2.24, 2.45) is 5.92 Å². The largest absolute Gasteiger partial charge is 0.451 e. The molecule has 0 radical (unpaired) electrons. The average Bonchev–Trinajstić information content (AvgIpc) is 3.60. The standard InChI is InChI=1S/C40H29ClN2O4/c41-29-22-19-26(20-23-29)36(44)34-35(38(45)47-37(27-12-3-1-4-13-27)28-14-5-2-6-15-28)43-32-18-10-7-11-25(32)21-24-33(43)40(34)30-16-8-9-17-31(30)42-39(40)46/h1-24,33-35,37H,(H,42,46)/t33-,34+,35-,40-/m1/s1. The van der Waals surface area contributed by atoms with Gasteiger partial charge in [-0.3, -0.25) is 9.59 Å². The number of Topliss-reactive ketones (excluding diaryl/α,β-unsaturated/α-hetero) is 1. The van der Waals surface area contributed by atoms with Gasteiger partial charge in [0.2, 0.25) is 5.91 Å². The van der Waals surface area contributed by atoms with Crippen molar-refractivity contribution in [2.45, 2.75) is 23.6 Å². The molecule has 1 saturated heterocycles. The second-order valence-electron chi connectivity index (χ2n) is 12.1. The third-order valence-electron chi connectivity index (χ3n) is 9.63. The number of esters is 1. The van der Waals surface area contributed by atoms with E-state index in [0.29, 0.717) is 21.8 Å². The summed E-state index contributed by atoms with van der Waals surface area (Å²) in [6, 6.07) is 39.0. The molecule has 4 atom stereocenters. The topological polar surface area (TPSA) is 75.7 Å². The zero-order chi connectivity index (χ0) is 32.1. The van der Waals surface area contributed by atoms with Crippen LogP contribution in [0, 0.1) is 5.92 Å². The maximum atomic E-state index is 15.0. The van der Waals surface area contributed by atoms with Gasteiger partial charge in [0.25, 0.3) is 0 Å². The highest BCUT2D eigenvalue weighted by molar-refractivity contribution is 6.30. The summed E-state index contributed by atoms with van der Waals surface area (Å²) in [7, 11) is 0. The second-order valence-corrected chi connectivity index (χ2v) is 12.5. The Bertz CT molecular complexity index is 2010. The van der Waals surface area contributed by atoms with E-state index in [1.807, 2.05) is 126 Å². The van der Waals surface area contributed by atoms with Crippen LogP contribution in [0.3, 0.4) is 0 Å². The number of benzene rings is 5. The smallest absolute Gasteiger partial charge is 0.330 e. The van der Waals surface area contributed by atoms with Gasteiger partial charge in [-0.15, -0.1) is 0 Å². The van der Waals surface area contributed by atoms with Crippen molar-refractivity contribution in [1.82, 2.24) is 0 Å². The Balaban J connectivity index is 1.35. The number of anilines is 2. The number of ether oxygens (including phenoxy) is 1. The number of rotatable bonds is 6. The summed E-state index contributed by atoms with van der Waals surface area (Å²) in [6.07, 6.45) is 3.18. The molecule has 3 heterocycles. The number of halogens is 1. The first-order valence-electron chi connectivity index (χ1n) is 15.5. The molecule has 7 heteroatoms. The fourth-order valence-corrected chi connectivity index (χ4v) is 7.78. The maximum Gasteiger partial charge on any atom is 0.330 e. The molecule has 1 N–H and O–H groups in total. The number of ketones is 1. The van der Waals surface area contributed by atoms with Crippen LogP contribution in [0.1, 0.15) is 38.7 Å². The predicted molar refractivity (Wildman–Crippen MR) is 182 cm³/mol. The summed E-state index contributed by atoms with van der Waals surface area (Å²) in [5.41, 5.74) is 3.43. The lowest BCUT2D eigenvalue weighted by molar-refractivity contribution is -0.150. The van der Waals surface area contributed by atoms with Gasteiger partial charge in [0.05, 0.1) is 12.0 Å². The molecule has 5 aromatic rings. The molecule has 8 rings (SSSR count). The molecule has 1 fully saturated rings. The van der Waals surface area contributed by atoms with Crippen LogP contribution in [-0.4, -0.2) is 29.7 Å². The van der Waals surface area contributed by atoms with Gasteiger partial charge in [-0.05, 0) is 58.7 Å². The number of hydrogen-bond donors (Lipinski definition) is 1. The molecule has 3 aliphatic heterocycles. The number of fused-ring (bicyclic) bond motifs is 6. The van der Waals surface area contributed by atoms with Gasteiger partial charge < -0.3 is 15.0 Å². The monoisotopic (exact) mass is 636 g/mol. The molecule has 0 aliphatic carbocycles. The van der Waals surface area contributed by atoms with Gasteiger partial charge in [-0.2, -0.15) is 0 Å². The van der Waals surface area contributed by atoms with Crippen molar-refractivity contribution in [3.05, 3.63) is 172 Å². The molecule has 0 bridgehead atoms. The molecular weight excluding hydrogens is 608 g/mol. The first-order valence-corrected chi connectivity index (χ1v) is 15.9. The highest BCUT2D eigenvalue weighted by Crippen LogP contribution is 2.58. The van der Waals surface area contributed by atoms with Gasteiger partial charge in [-0.1, -0.05) is 121 Å². The van der Waals surface area contributed by atoms with E-state index in [0.717, 1.165) is 22.4 Å². The number of para-hydroxylation sites is 2. The summed E-state index contributed by atoms with van der Waals surface area (Å²) in [6.45, 7) is 0. The number of hydrogen-bond acceptors (Lipinski definition) is 5. The van der Waals surface area contributed by atoms with E-state index < -0.39 is 35.5 Å². The maximum absolute atomic E-state index is 15.0. The molecule has 47 heavy (non-hydrogen) atoms. The van der Waals surface area contributed by atoms with Crippen molar-refractivity contribution < 1.29 is 19.1 Å². The molecule has 0 aromatic heterocycles. The Labute approximate surface area is 277 Å². The van der Waals surface area contributed by atoms with Gasteiger partial charge >= 0.3 is 5.97 Å². The van der Waals surface area contributed by atoms with Crippen molar-refractivity contribution in [2.75, 3.05) is 10.2 Å². The minimum atomic E-state index is -1.43. The average molecular weight is 637 g/mol. The van der Waals surface area contributed by atoms with Gasteiger partial charge in [0.1, 0.15) is 11.5 Å². The van der Waals surface area contributed by atoms with Crippen LogP contribution < -0.4 is 10.2 Å². The summed E-state index contributed by atoms with van der Waals surface area (Å²) < 4.78 is 6.52. The van der Waals surface area contributed by atoms with Crippen LogP contribution in [0.25, 0.3) is 6.08 Å². The number of nitrogens with one attached hydrogen (secondary N) is 1. The molecule has 0 unspecified atom stereocenters. The quantitative estimate of drug-likeness (QED) is 0.153. The Hall–Kier alpha value is -5.46. The number of nitrogens with zero attached hydrogens (tertiary/aromatic N) is 1. The Morgan fingerprint density at radius 3 is 2.09 bits per heavy atom. The molecular formula is C40H29ClN2O4. The van der Waals surface area contributed by atoms with Crippen molar-refractivity contribution in [3.63, 3.8) is 0 Å². The van der Waals surface area contributed by atoms with E-state index in [2.05, 4.69) is 5.32 Å². The van der Waals surface area contributed by atoms with E-state index in [4.69, 9.17) is 16.3 Å². The lowest BCUT2D eigenvalue weighted by Gasteiger charge is -2.37. The minimum Gasteiger partial charge on any atom is -0.451 e. The number of amides is 1. The van der Waals surface area contributed by atoms with Crippen molar-refractivity contribution in [1.29, 1.82) is 0 Å². The zero-order valence-corrected chi connectivity index (χ0v) is 25.9. The molecule has 5 aromatic carbocycles. The summed E-state index contributed by atoms with van der Waals surface area (Å²) >= 11 is 6.23. The first-order chi connectivity index (χ1) is 23.0. The minimum absolute atomic E-state index is 0.331. The van der Waals surface area contributed by atoms with Gasteiger partial charge in [0.15, 0.2) is 11.9 Å². The first kappa shape index (κ1) is 29.0. The molecule has 1 amide bonds. The van der Waals surface area contributed by atoms with Crippen LogP contribution in [0.15, 0.2) is 140 Å². The van der Waals surface area contributed by atoms with Gasteiger partial charge in [0, 0.05) is 22.0 Å². The second kappa shape index (κ2) is 11.4. The molecule has 0 saturated carbocycles. The number of carbonyl (C=O) groups excluding carboxylic acids is 3. The third kappa shape index (κ3) is 4.51. The SMILES string of the molecule is O=C(c1ccc(Cl)cc1)[C@@H]1[C@H](C(=O)OC(c2ccccc2)c2ccccc2)N2c3ccccc3C=C[C@@H]2[C@@]12C(=O)Nc1ccccc12. The fourth-order valence-electron chi connectivity index (χ4n) is 7.66. The molecule has 3 aliphatic rings. The zero-order valence-electron chi connectivity index (χ0n) is 25.1. The van der Waals surface area contributed by atoms with E-state index in [9.17, 15) is 9.59 Å². The van der Waals surface area contributed by atoms with Crippen LogP contribution in [0.4, 0.5) is 11.4 Å². The summed E-state index contributed by atoms with van der Waals surface area (Å²) in [4.78, 5) is 46.5. The van der Waals surface area contributed by atoms with Crippen molar-refractivity contribution >= 4 is 46.7 Å². The summed E-state index contributed by atoms with van der Waals surface area (Å²) in [5.74, 6) is -2.42. The van der Waals surface area contributed by atoms with Crippen LogP contribution in [0.2, 0.25) is 5.02 Å². The highest BCUT2D eigenvalue weighted by Gasteiger charge is 2.71. The van der Waals surface area contributed by atoms with Crippen LogP contribution >= 0.6 is 11.6 Å². The molecule has 6 nitrogen and oxygen atoms in total. The Morgan fingerprint density at radius 2 is 1.38 bits per heavy atom. The van der Waals surface area contributed by atoms with Crippen LogP contribution in [0.5, 0.6) is 0 Å². The van der Waals surface area contributed by atoms with E-state index in [-0.39, 0.29) is 11.7 Å². The third-order valence-corrected chi connectivity index (χ3v) is 9.89. The van der Waals surface area contributed by atoms with Crippen molar-refractivity contribution in [3.8, 4) is 0 Å². The Kier molecular flexibility index (Phi) is 7.03.